The summed E-state index contributed by atoms with van der Waals surface area (Å²) in [4.78, 5) is 4.65. The maximum atomic E-state index is 9.59. The number of anilines is 3. The smallest absolute Gasteiger partial charge is 0.213 e. The van der Waals surface area contributed by atoms with Crippen molar-refractivity contribution < 1.29 is 4.74 Å². The first-order valence-electron chi connectivity index (χ1n) is 8.58. The number of hydrogen-bond acceptors (Lipinski definition) is 7. The van der Waals surface area contributed by atoms with Crippen LogP contribution in [0.25, 0.3) is 15.3 Å². The van der Waals surface area contributed by atoms with Gasteiger partial charge in [-0.3, -0.25) is 0 Å². The summed E-state index contributed by atoms with van der Waals surface area (Å²) < 4.78 is 7.80. The molecule has 0 unspecified atom stereocenters. The Labute approximate surface area is 166 Å². The number of methoxy groups -OCH3 is 1. The molecule has 0 bridgehead atoms. The second kappa shape index (κ2) is 6.87. The molecule has 0 atom stereocenters. The standard InChI is InChI=1S/C20H18N6OS/c1-11-7-16-17(8-12(11)2)28-20(24-16)26-18(22)15(10-21)19(25-26)23-13-5-4-6-14(9-13)27-3/h4-9H,22H2,1-3H3,(H,23,25). The topological polar surface area (TPSA) is 102 Å². The number of fused-ring (bicyclic) bond motifs is 1. The summed E-state index contributed by atoms with van der Waals surface area (Å²) in [6, 6.07) is 13.7. The Morgan fingerprint density at radius 2 is 2.00 bits per heavy atom. The summed E-state index contributed by atoms with van der Waals surface area (Å²) in [5.41, 5.74) is 10.5. The molecule has 0 radical (unpaired) electrons. The number of thiazole rings is 1. The van der Waals surface area contributed by atoms with Crippen molar-refractivity contribution in [1.29, 1.82) is 5.26 Å². The summed E-state index contributed by atoms with van der Waals surface area (Å²) >= 11 is 1.48. The third-order valence-electron chi connectivity index (χ3n) is 4.54. The van der Waals surface area contributed by atoms with Crippen molar-refractivity contribution in [3.8, 4) is 17.0 Å². The molecule has 7 nitrogen and oxygen atoms in total. The van der Waals surface area contributed by atoms with Crippen molar-refractivity contribution in [2.75, 3.05) is 18.2 Å². The van der Waals surface area contributed by atoms with Gasteiger partial charge in [-0.05, 0) is 49.2 Å². The molecular weight excluding hydrogens is 372 g/mol. The lowest BCUT2D eigenvalue weighted by atomic mass is 10.1. The second-order valence-corrected chi connectivity index (χ2v) is 7.40. The van der Waals surface area contributed by atoms with E-state index >= 15 is 0 Å². The highest BCUT2D eigenvalue weighted by Gasteiger charge is 2.19. The van der Waals surface area contributed by atoms with Crippen molar-refractivity contribution in [2.24, 2.45) is 0 Å². The average molecular weight is 390 g/mol. The lowest BCUT2D eigenvalue weighted by molar-refractivity contribution is 0.415. The van der Waals surface area contributed by atoms with Crippen LogP contribution in [0.2, 0.25) is 0 Å². The van der Waals surface area contributed by atoms with Crippen LogP contribution in [0.3, 0.4) is 0 Å². The van der Waals surface area contributed by atoms with Gasteiger partial charge in [0.25, 0.3) is 0 Å². The Balaban J connectivity index is 1.78. The molecule has 140 valence electrons. The van der Waals surface area contributed by atoms with Gasteiger partial charge in [0, 0.05) is 11.8 Å². The monoisotopic (exact) mass is 390 g/mol. The number of nitrogens with two attached hydrogens (primary N) is 1. The molecule has 3 N–H and O–H groups in total. The number of nitrogen functional groups attached to an aromatic ring is 1. The highest BCUT2D eigenvalue weighted by molar-refractivity contribution is 7.20. The van der Waals surface area contributed by atoms with Crippen LogP contribution in [-0.4, -0.2) is 21.9 Å². The molecular formula is C20H18N6OS. The van der Waals surface area contributed by atoms with E-state index in [0.29, 0.717) is 16.7 Å². The van der Waals surface area contributed by atoms with E-state index < -0.39 is 0 Å². The molecule has 0 spiro atoms. The van der Waals surface area contributed by atoms with E-state index in [9.17, 15) is 5.26 Å². The number of nitrogens with zero attached hydrogens (tertiary/aromatic N) is 4. The predicted molar refractivity (Wildman–Crippen MR) is 112 cm³/mol. The number of benzene rings is 2. The van der Waals surface area contributed by atoms with E-state index in [0.717, 1.165) is 15.9 Å². The Kier molecular flexibility index (Phi) is 4.37. The van der Waals surface area contributed by atoms with Crippen molar-refractivity contribution in [3.63, 3.8) is 0 Å². The molecule has 0 aliphatic rings. The Morgan fingerprint density at radius 1 is 1.21 bits per heavy atom. The van der Waals surface area contributed by atoms with Crippen molar-refractivity contribution in [3.05, 3.63) is 53.1 Å². The fourth-order valence-electron chi connectivity index (χ4n) is 2.87. The van der Waals surface area contributed by atoms with E-state index in [4.69, 9.17) is 10.5 Å². The molecule has 2 aromatic heterocycles. The number of nitriles is 1. The summed E-state index contributed by atoms with van der Waals surface area (Å²) in [6.45, 7) is 4.13. The number of ether oxygens (including phenoxy) is 1. The highest BCUT2D eigenvalue weighted by Crippen LogP contribution is 2.32. The molecule has 8 heteroatoms. The van der Waals surface area contributed by atoms with Gasteiger partial charge in [-0.2, -0.15) is 9.94 Å². The number of rotatable bonds is 4. The van der Waals surface area contributed by atoms with E-state index in [1.165, 1.54) is 27.1 Å². The molecule has 0 aliphatic heterocycles. The minimum atomic E-state index is 0.250. The SMILES string of the molecule is COc1cccc(Nc2nn(-c3nc4cc(C)c(C)cc4s3)c(N)c2C#N)c1. The molecule has 4 rings (SSSR count). The van der Waals surface area contributed by atoms with Crippen LogP contribution in [0.5, 0.6) is 5.75 Å². The molecule has 0 saturated heterocycles. The lowest BCUT2D eigenvalue weighted by Crippen LogP contribution is -2.01. The summed E-state index contributed by atoms with van der Waals surface area (Å²) in [5, 5.41) is 17.9. The Bertz CT molecular complexity index is 1190. The van der Waals surface area contributed by atoms with Crippen LogP contribution in [0.15, 0.2) is 36.4 Å². The normalized spacial score (nSPS) is 10.8. The molecule has 2 heterocycles. The zero-order valence-corrected chi connectivity index (χ0v) is 16.5. The Morgan fingerprint density at radius 3 is 2.75 bits per heavy atom. The van der Waals surface area contributed by atoms with Gasteiger partial charge in [0.1, 0.15) is 23.2 Å². The summed E-state index contributed by atoms with van der Waals surface area (Å²) in [5.74, 6) is 1.33. The van der Waals surface area contributed by atoms with Crippen molar-refractivity contribution in [1.82, 2.24) is 14.8 Å². The summed E-state index contributed by atoms with van der Waals surface area (Å²) in [7, 11) is 1.60. The number of aromatic nitrogens is 3. The molecule has 0 fully saturated rings. The maximum Gasteiger partial charge on any atom is 0.213 e. The van der Waals surface area contributed by atoms with E-state index in [-0.39, 0.29) is 11.4 Å². The van der Waals surface area contributed by atoms with Crippen LogP contribution in [0, 0.1) is 25.2 Å². The molecule has 0 amide bonds. The van der Waals surface area contributed by atoms with Crippen molar-refractivity contribution >= 4 is 38.9 Å². The fraction of sp³-hybridized carbons (Fsp3) is 0.150. The first kappa shape index (κ1) is 17.8. The third-order valence-corrected chi connectivity index (χ3v) is 5.53. The number of aryl methyl sites for hydroxylation is 2. The molecule has 28 heavy (non-hydrogen) atoms. The van der Waals surface area contributed by atoms with Crippen molar-refractivity contribution in [2.45, 2.75) is 13.8 Å². The number of hydrogen-bond donors (Lipinski definition) is 2. The minimum Gasteiger partial charge on any atom is -0.497 e. The molecule has 0 saturated carbocycles. The minimum absolute atomic E-state index is 0.250. The van der Waals surface area contributed by atoms with Gasteiger partial charge in [0.2, 0.25) is 5.13 Å². The van der Waals surface area contributed by atoms with Crippen LogP contribution < -0.4 is 15.8 Å². The average Bonchev–Trinajstić information content (AvgIpc) is 3.22. The largest absolute Gasteiger partial charge is 0.497 e. The van der Waals surface area contributed by atoms with Gasteiger partial charge in [0.05, 0.1) is 17.3 Å². The quantitative estimate of drug-likeness (QED) is 0.538. The first-order valence-corrected chi connectivity index (χ1v) is 9.39. The van der Waals surface area contributed by atoms with Gasteiger partial charge in [0.15, 0.2) is 5.82 Å². The second-order valence-electron chi connectivity index (χ2n) is 6.39. The van der Waals surface area contributed by atoms with Crippen LogP contribution in [0.1, 0.15) is 16.7 Å². The summed E-state index contributed by atoms with van der Waals surface area (Å²) in [6.07, 6.45) is 0. The third kappa shape index (κ3) is 3.02. The van der Waals surface area contributed by atoms with Crippen LogP contribution >= 0.6 is 11.3 Å². The Hall–Kier alpha value is -3.57. The molecule has 0 aliphatic carbocycles. The maximum absolute atomic E-state index is 9.59. The zero-order chi connectivity index (χ0) is 19.8. The predicted octanol–water partition coefficient (Wildman–Crippen LogP) is 4.30. The van der Waals surface area contributed by atoms with E-state index in [1.807, 2.05) is 30.3 Å². The molecule has 4 aromatic rings. The fourth-order valence-corrected chi connectivity index (χ4v) is 3.88. The first-order chi connectivity index (χ1) is 13.5. The van der Waals surface area contributed by atoms with E-state index in [1.54, 1.807) is 7.11 Å². The number of nitrogens with one attached hydrogen (secondary N) is 1. The highest BCUT2D eigenvalue weighted by atomic mass is 32.1. The van der Waals surface area contributed by atoms with Gasteiger partial charge >= 0.3 is 0 Å². The van der Waals surface area contributed by atoms with Gasteiger partial charge in [-0.1, -0.05) is 17.4 Å². The van der Waals surface area contributed by atoms with Crippen LogP contribution in [-0.2, 0) is 0 Å². The lowest BCUT2D eigenvalue weighted by Gasteiger charge is -2.05. The van der Waals surface area contributed by atoms with Gasteiger partial charge in [-0.15, -0.1) is 5.10 Å². The van der Waals surface area contributed by atoms with Gasteiger partial charge < -0.3 is 15.8 Å². The van der Waals surface area contributed by atoms with Crippen LogP contribution in [0.4, 0.5) is 17.3 Å². The van der Waals surface area contributed by atoms with Gasteiger partial charge in [-0.25, -0.2) is 4.98 Å². The zero-order valence-electron chi connectivity index (χ0n) is 15.6. The van der Waals surface area contributed by atoms with E-state index in [2.05, 4.69) is 41.4 Å². The molecule has 2 aromatic carbocycles.